The Morgan fingerprint density at radius 2 is 2.11 bits per heavy atom. The van der Waals surface area contributed by atoms with Crippen LogP contribution in [0.2, 0.25) is 0 Å². The summed E-state index contributed by atoms with van der Waals surface area (Å²) in [6.07, 6.45) is 4.21. The van der Waals surface area contributed by atoms with Crippen LogP contribution in [0.15, 0.2) is 12.2 Å². The topological polar surface area (TPSA) is 18.5 Å². The Hall–Kier alpha value is -0.340. The van der Waals surface area contributed by atoms with Crippen LogP contribution >= 0.6 is 0 Å². The van der Waals surface area contributed by atoms with E-state index in [0.717, 1.165) is 13.2 Å². The third-order valence-corrected chi connectivity index (χ3v) is 1.21. The molecule has 0 spiro atoms. The Morgan fingerprint density at radius 1 is 1.33 bits per heavy atom. The summed E-state index contributed by atoms with van der Waals surface area (Å²) in [6, 6.07) is 0. The van der Waals surface area contributed by atoms with E-state index in [-0.39, 0.29) is 6.10 Å². The summed E-state index contributed by atoms with van der Waals surface area (Å²) in [5.41, 5.74) is 0. The maximum absolute atomic E-state index is 5.27. The van der Waals surface area contributed by atoms with Gasteiger partial charge in [0.1, 0.15) is 0 Å². The van der Waals surface area contributed by atoms with E-state index in [1.165, 1.54) is 0 Å². The third-order valence-electron chi connectivity index (χ3n) is 1.21. The number of rotatable bonds is 0. The zero-order valence-corrected chi connectivity index (χ0v) is 5.67. The summed E-state index contributed by atoms with van der Waals surface area (Å²) in [6.45, 7) is 4.18. The molecule has 0 saturated carbocycles. The first-order valence-electron chi connectivity index (χ1n) is 3.24. The summed E-state index contributed by atoms with van der Waals surface area (Å²) in [5, 5.41) is 0. The SMILES string of the molecule is CC1COC/C=C\CO1. The Bertz CT molecular complexity index is 99.1. The van der Waals surface area contributed by atoms with Gasteiger partial charge >= 0.3 is 0 Å². The molecule has 0 saturated heterocycles. The lowest BCUT2D eigenvalue weighted by Gasteiger charge is -2.13. The standard InChI is InChI=1S/C7H12O2/c1-7-6-8-4-2-3-5-9-7/h2-3,7H,4-6H2,1H3/b3-2-. The molecule has 2 nitrogen and oxygen atoms in total. The van der Waals surface area contributed by atoms with E-state index >= 15 is 0 Å². The van der Waals surface area contributed by atoms with Gasteiger partial charge < -0.3 is 9.47 Å². The molecule has 0 aliphatic carbocycles. The van der Waals surface area contributed by atoms with Gasteiger partial charge in [-0.2, -0.15) is 0 Å². The van der Waals surface area contributed by atoms with Crippen LogP contribution in [0, 0.1) is 0 Å². The Labute approximate surface area is 55.5 Å². The van der Waals surface area contributed by atoms with Gasteiger partial charge in [-0.25, -0.2) is 0 Å². The van der Waals surface area contributed by atoms with Crippen LogP contribution in [0.25, 0.3) is 0 Å². The second-order valence-electron chi connectivity index (χ2n) is 2.15. The Morgan fingerprint density at radius 3 is 3.00 bits per heavy atom. The van der Waals surface area contributed by atoms with E-state index in [9.17, 15) is 0 Å². The molecule has 0 N–H and O–H groups in total. The van der Waals surface area contributed by atoms with Crippen molar-refractivity contribution in [1.29, 1.82) is 0 Å². The highest BCUT2D eigenvalue weighted by atomic mass is 16.5. The average Bonchev–Trinajstić information content (AvgIpc) is 1.79. The molecule has 1 rings (SSSR count). The second kappa shape index (κ2) is 3.64. The van der Waals surface area contributed by atoms with E-state index in [1.54, 1.807) is 0 Å². The minimum Gasteiger partial charge on any atom is -0.375 e. The lowest BCUT2D eigenvalue weighted by Crippen LogP contribution is -2.17. The molecule has 1 atom stereocenters. The van der Waals surface area contributed by atoms with Crippen molar-refractivity contribution < 1.29 is 9.47 Å². The highest BCUT2D eigenvalue weighted by Crippen LogP contribution is 1.95. The van der Waals surface area contributed by atoms with E-state index in [1.807, 2.05) is 19.1 Å². The van der Waals surface area contributed by atoms with Crippen molar-refractivity contribution in [2.24, 2.45) is 0 Å². The first-order chi connectivity index (χ1) is 4.39. The zero-order chi connectivity index (χ0) is 6.53. The van der Waals surface area contributed by atoms with Crippen molar-refractivity contribution in [2.75, 3.05) is 19.8 Å². The van der Waals surface area contributed by atoms with Crippen LogP contribution in [-0.2, 0) is 9.47 Å². The Kier molecular flexibility index (Phi) is 2.74. The predicted octanol–water partition coefficient (Wildman–Crippen LogP) is 0.978. The summed E-state index contributed by atoms with van der Waals surface area (Å²) >= 11 is 0. The molecule has 0 aromatic carbocycles. The predicted molar refractivity (Wildman–Crippen MR) is 35.4 cm³/mol. The van der Waals surface area contributed by atoms with Gasteiger partial charge in [-0.15, -0.1) is 0 Å². The summed E-state index contributed by atoms with van der Waals surface area (Å²) in [7, 11) is 0. The highest BCUT2D eigenvalue weighted by molar-refractivity contribution is 4.82. The lowest BCUT2D eigenvalue weighted by molar-refractivity contribution is 0.00686. The van der Waals surface area contributed by atoms with Gasteiger partial charge in [0.2, 0.25) is 0 Å². The fourth-order valence-corrected chi connectivity index (χ4v) is 0.706. The minimum absolute atomic E-state index is 0.245. The van der Waals surface area contributed by atoms with Crippen LogP contribution in [-0.4, -0.2) is 25.9 Å². The van der Waals surface area contributed by atoms with Crippen LogP contribution in [0.4, 0.5) is 0 Å². The fourth-order valence-electron chi connectivity index (χ4n) is 0.706. The molecule has 0 aromatic heterocycles. The Balaban J connectivity index is 2.27. The normalized spacial score (nSPS) is 32.8. The monoisotopic (exact) mass is 128 g/mol. The van der Waals surface area contributed by atoms with Gasteiger partial charge in [0.15, 0.2) is 0 Å². The van der Waals surface area contributed by atoms with Crippen LogP contribution < -0.4 is 0 Å². The molecule has 52 valence electrons. The van der Waals surface area contributed by atoms with Crippen molar-refractivity contribution >= 4 is 0 Å². The van der Waals surface area contributed by atoms with Gasteiger partial charge in [-0.3, -0.25) is 0 Å². The molecule has 1 unspecified atom stereocenters. The van der Waals surface area contributed by atoms with Gasteiger partial charge in [-0.05, 0) is 6.92 Å². The van der Waals surface area contributed by atoms with E-state index in [0.29, 0.717) is 6.61 Å². The molecule has 0 bridgehead atoms. The summed E-state index contributed by atoms with van der Waals surface area (Å²) in [5.74, 6) is 0. The van der Waals surface area contributed by atoms with Crippen molar-refractivity contribution in [1.82, 2.24) is 0 Å². The number of ether oxygens (including phenoxy) is 2. The highest BCUT2D eigenvalue weighted by Gasteiger charge is 2.01. The van der Waals surface area contributed by atoms with E-state index < -0.39 is 0 Å². The quantitative estimate of drug-likeness (QED) is 0.453. The minimum atomic E-state index is 0.245. The smallest absolute Gasteiger partial charge is 0.0784 e. The third kappa shape index (κ3) is 2.63. The zero-order valence-electron chi connectivity index (χ0n) is 5.67. The molecular weight excluding hydrogens is 116 g/mol. The maximum atomic E-state index is 5.27. The number of hydrogen-bond donors (Lipinski definition) is 0. The first kappa shape index (κ1) is 6.78. The molecule has 0 aromatic rings. The number of hydrogen-bond acceptors (Lipinski definition) is 2. The summed E-state index contributed by atoms with van der Waals surface area (Å²) in [4.78, 5) is 0. The van der Waals surface area contributed by atoms with Gasteiger partial charge in [0.05, 0.1) is 25.9 Å². The van der Waals surface area contributed by atoms with Gasteiger partial charge in [-0.1, -0.05) is 12.2 Å². The lowest BCUT2D eigenvalue weighted by atomic mass is 10.4. The second-order valence-corrected chi connectivity index (χ2v) is 2.15. The molecule has 1 aliphatic heterocycles. The van der Waals surface area contributed by atoms with Crippen molar-refractivity contribution in [2.45, 2.75) is 13.0 Å². The molecule has 1 heterocycles. The first-order valence-corrected chi connectivity index (χ1v) is 3.24. The molecule has 9 heavy (non-hydrogen) atoms. The molecule has 0 radical (unpaired) electrons. The van der Waals surface area contributed by atoms with Crippen LogP contribution in [0.5, 0.6) is 0 Å². The van der Waals surface area contributed by atoms with Crippen LogP contribution in [0.1, 0.15) is 6.92 Å². The maximum Gasteiger partial charge on any atom is 0.0784 e. The van der Waals surface area contributed by atoms with Crippen molar-refractivity contribution in [3.63, 3.8) is 0 Å². The van der Waals surface area contributed by atoms with Crippen molar-refractivity contribution in [3.8, 4) is 0 Å². The van der Waals surface area contributed by atoms with E-state index in [2.05, 4.69) is 0 Å². The molecule has 1 aliphatic rings. The molecular formula is C7H12O2. The largest absolute Gasteiger partial charge is 0.375 e. The van der Waals surface area contributed by atoms with Gasteiger partial charge in [0, 0.05) is 0 Å². The van der Waals surface area contributed by atoms with Crippen LogP contribution in [0.3, 0.4) is 0 Å². The fraction of sp³-hybridized carbons (Fsp3) is 0.714. The molecule has 0 fully saturated rings. The summed E-state index contributed by atoms with van der Waals surface area (Å²) < 4.78 is 10.4. The van der Waals surface area contributed by atoms with E-state index in [4.69, 9.17) is 9.47 Å². The molecule has 0 amide bonds. The molecule has 2 heteroatoms. The van der Waals surface area contributed by atoms with Crippen molar-refractivity contribution in [3.05, 3.63) is 12.2 Å². The van der Waals surface area contributed by atoms with Gasteiger partial charge in [0.25, 0.3) is 0 Å². The average molecular weight is 128 g/mol.